The zero-order valence-electron chi connectivity index (χ0n) is 13.5. The molecule has 1 nitrogen and oxygen atoms in total. The fourth-order valence-corrected chi connectivity index (χ4v) is 3.23. The van der Waals surface area contributed by atoms with Gasteiger partial charge in [-0.3, -0.25) is 4.79 Å². The number of allylic oxidation sites excluding steroid dienone is 1. The summed E-state index contributed by atoms with van der Waals surface area (Å²) >= 11 is 1.78. The Morgan fingerprint density at radius 2 is 1.46 bits per heavy atom. The van der Waals surface area contributed by atoms with Gasteiger partial charge >= 0.3 is 0 Å². The summed E-state index contributed by atoms with van der Waals surface area (Å²) in [5, 5.41) is 0. The van der Waals surface area contributed by atoms with Gasteiger partial charge in [-0.2, -0.15) is 0 Å². The van der Waals surface area contributed by atoms with Crippen molar-refractivity contribution in [3.8, 4) is 10.4 Å². The van der Waals surface area contributed by atoms with Gasteiger partial charge in [0, 0.05) is 9.75 Å². The highest BCUT2D eigenvalue weighted by atomic mass is 32.1. The van der Waals surface area contributed by atoms with Gasteiger partial charge in [-0.15, -0.1) is 11.3 Å². The first kappa shape index (κ1) is 16.2. The highest BCUT2D eigenvalue weighted by molar-refractivity contribution is 7.16. The van der Waals surface area contributed by atoms with Gasteiger partial charge in [0.2, 0.25) is 0 Å². The first-order valence-corrected chi connectivity index (χ1v) is 8.64. The summed E-state index contributed by atoms with van der Waals surface area (Å²) in [4.78, 5) is 13.5. The highest BCUT2D eigenvalue weighted by Gasteiger charge is 2.00. The maximum Gasteiger partial charge on any atom is 0.152 e. The smallest absolute Gasteiger partial charge is 0.152 e. The van der Waals surface area contributed by atoms with Crippen molar-refractivity contribution in [2.24, 2.45) is 0 Å². The molecular formula is C22H18OS. The van der Waals surface area contributed by atoms with Gasteiger partial charge in [0.05, 0.1) is 0 Å². The molecule has 1 heterocycles. The molecule has 2 aromatic carbocycles. The van der Waals surface area contributed by atoms with E-state index in [1.807, 2.05) is 24.3 Å². The SMILES string of the molecule is CC(=O)/C=C/c1ccc(/C=C/c2ccc(-c3ccccc3)s2)cc1. The zero-order chi connectivity index (χ0) is 16.8. The van der Waals surface area contributed by atoms with E-state index in [1.54, 1.807) is 24.3 Å². The molecule has 1 aromatic heterocycles. The van der Waals surface area contributed by atoms with Crippen LogP contribution in [0.25, 0.3) is 28.7 Å². The van der Waals surface area contributed by atoms with Gasteiger partial charge in [-0.25, -0.2) is 0 Å². The summed E-state index contributed by atoms with van der Waals surface area (Å²) in [6.45, 7) is 1.55. The maximum atomic E-state index is 11.0. The van der Waals surface area contributed by atoms with E-state index in [0.29, 0.717) is 0 Å². The Balaban J connectivity index is 1.70. The Morgan fingerprint density at radius 1 is 0.792 bits per heavy atom. The van der Waals surface area contributed by atoms with Crippen LogP contribution in [-0.2, 0) is 4.79 Å². The number of hydrogen-bond acceptors (Lipinski definition) is 2. The van der Waals surface area contributed by atoms with Crippen LogP contribution in [0, 0.1) is 0 Å². The molecule has 0 unspecified atom stereocenters. The second-order valence-corrected chi connectivity index (χ2v) is 6.63. The van der Waals surface area contributed by atoms with Crippen LogP contribution >= 0.6 is 11.3 Å². The zero-order valence-corrected chi connectivity index (χ0v) is 14.3. The number of rotatable bonds is 5. The molecule has 0 aliphatic rings. The van der Waals surface area contributed by atoms with Gasteiger partial charge in [-0.1, -0.05) is 66.7 Å². The van der Waals surface area contributed by atoms with Gasteiger partial charge in [-0.05, 0) is 47.9 Å². The van der Waals surface area contributed by atoms with Gasteiger partial charge < -0.3 is 0 Å². The lowest BCUT2D eigenvalue weighted by molar-refractivity contribution is -0.112. The fraction of sp³-hybridized carbons (Fsp3) is 0.0455. The molecule has 0 N–H and O–H groups in total. The molecule has 0 aliphatic carbocycles. The molecule has 118 valence electrons. The average molecular weight is 330 g/mol. The lowest BCUT2D eigenvalue weighted by atomic mass is 10.1. The van der Waals surface area contributed by atoms with E-state index in [9.17, 15) is 4.79 Å². The van der Waals surface area contributed by atoms with E-state index in [4.69, 9.17) is 0 Å². The third-order valence-electron chi connectivity index (χ3n) is 3.57. The number of carbonyl (C=O) groups excluding carboxylic acids is 1. The quantitative estimate of drug-likeness (QED) is 0.510. The Kier molecular flexibility index (Phi) is 5.19. The van der Waals surface area contributed by atoms with Crippen LogP contribution in [0.5, 0.6) is 0 Å². The first-order valence-electron chi connectivity index (χ1n) is 7.83. The molecule has 0 saturated carbocycles. The third-order valence-corrected chi connectivity index (χ3v) is 4.67. The summed E-state index contributed by atoms with van der Waals surface area (Å²) in [7, 11) is 0. The highest BCUT2D eigenvalue weighted by Crippen LogP contribution is 2.28. The largest absolute Gasteiger partial charge is 0.295 e. The number of hydrogen-bond donors (Lipinski definition) is 0. The van der Waals surface area contributed by atoms with E-state index in [2.05, 4.69) is 60.7 Å². The molecule has 3 rings (SSSR count). The average Bonchev–Trinajstić information content (AvgIpc) is 3.09. The third kappa shape index (κ3) is 4.40. The van der Waals surface area contributed by atoms with Crippen molar-refractivity contribution in [1.82, 2.24) is 0 Å². The molecule has 0 radical (unpaired) electrons. The van der Waals surface area contributed by atoms with Crippen molar-refractivity contribution in [1.29, 1.82) is 0 Å². The molecule has 0 bridgehead atoms. The monoisotopic (exact) mass is 330 g/mol. The molecule has 3 aromatic rings. The normalized spacial score (nSPS) is 11.4. The molecule has 0 fully saturated rings. The van der Waals surface area contributed by atoms with Crippen molar-refractivity contribution in [3.05, 3.63) is 88.8 Å². The van der Waals surface area contributed by atoms with E-state index in [-0.39, 0.29) is 5.78 Å². The predicted octanol–water partition coefficient (Wildman–Crippen LogP) is 6.19. The molecule has 0 saturated heterocycles. The van der Waals surface area contributed by atoms with Crippen LogP contribution in [0.1, 0.15) is 22.9 Å². The van der Waals surface area contributed by atoms with Crippen LogP contribution in [0.3, 0.4) is 0 Å². The summed E-state index contributed by atoms with van der Waals surface area (Å²) in [5.41, 5.74) is 3.43. The van der Waals surface area contributed by atoms with E-state index >= 15 is 0 Å². The minimum absolute atomic E-state index is 0.0610. The van der Waals surface area contributed by atoms with E-state index in [0.717, 1.165) is 11.1 Å². The van der Waals surface area contributed by atoms with E-state index < -0.39 is 0 Å². The maximum absolute atomic E-state index is 11.0. The van der Waals surface area contributed by atoms with Crippen LogP contribution in [0.15, 0.2) is 72.8 Å². The first-order chi connectivity index (χ1) is 11.7. The summed E-state index contributed by atoms with van der Waals surface area (Å²) in [6.07, 6.45) is 7.67. The van der Waals surface area contributed by atoms with Crippen molar-refractivity contribution in [2.75, 3.05) is 0 Å². The van der Waals surface area contributed by atoms with Crippen molar-refractivity contribution in [3.63, 3.8) is 0 Å². The topological polar surface area (TPSA) is 17.1 Å². The van der Waals surface area contributed by atoms with Crippen molar-refractivity contribution < 1.29 is 4.79 Å². The fourth-order valence-electron chi connectivity index (χ4n) is 2.31. The Hall–Kier alpha value is -2.71. The van der Waals surface area contributed by atoms with Crippen LogP contribution in [0.2, 0.25) is 0 Å². The van der Waals surface area contributed by atoms with Crippen molar-refractivity contribution in [2.45, 2.75) is 6.92 Å². The van der Waals surface area contributed by atoms with Crippen LogP contribution < -0.4 is 0 Å². The molecular weight excluding hydrogens is 312 g/mol. The summed E-state index contributed by atoms with van der Waals surface area (Å²) in [5.74, 6) is 0.0610. The van der Waals surface area contributed by atoms with Gasteiger partial charge in [0.1, 0.15) is 0 Å². The predicted molar refractivity (Wildman–Crippen MR) is 105 cm³/mol. The molecule has 0 spiro atoms. The standard InChI is InChI=1S/C22H18OS/c1-17(23)7-8-18-9-11-19(12-10-18)13-14-21-15-16-22(24-21)20-5-3-2-4-6-20/h2-16H,1H3/b8-7+,14-13+. The van der Waals surface area contributed by atoms with Gasteiger partial charge in [0.25, 0.3) is 0 Å². The molecule has 0 atom stereocenters. The second kappa shape index (κ2) is 7.71. The molecule has 24 heavy (non-hydrogen) atoms. The minimum Gasteiger partial charge on any atom is -0.295 e. The second-order valence-electron chi connectivity index (χ2n) is 5.51. The number of thiophene rings is 1. The number of carbonyl (C=O) groups is 1. The van der Waals surface area contributed by atoms with Crippen LogP contribution in [-0.4, -0.2) is 5.78 Å². The van der Waals surface area contributed by atoms with Crippen molar-refractivity contribution >= 4 is 35.3 Å². The lowest BCUT2D eigenvalue weighted by Crippen LogP contribution is -1.80. The Labute approximate surface area is 146 Å². The lowest BCUT2D eigenvalue weighted by Gasteiger charge is -1.96. The summed E-state index contributed by atoms with van der Waals surface area (Å²) < 4.78 is 0. The molecule has 0 amide bonds. The molecule has 0 aliphatic heterocycles. The molecule has 2 heteroatoms. The number of benzene rings is 2. The van der Waals surface area contributed by atoms with Gasteiger partial charge in [0.15, 0.2) is 5.78 Å². The Morgan fingerprint density at radius 3 is 2.12 bits per heavy atom. The minimum atomic E-state index is 0.0610. The Bertz CT molecular complexity index is 868. The number of ketones is 1. The van der Waals surface area contributed by atoms with E-state index in [1.165, 1.54) is 15.3 Å². The summed E-state index contributed by atoms with van der Waals surface area (Å²) in [6, 6.07) is 22.9. The van der Waals surface area contributed by atoms with Crippen LogP contribution in [0.4, 0.5) is 0 Å².